The Bertz CT molecular complexity index is 546. The summed E-state index contributed by atoms with van der Waals surface area (Å²) in [6, 6.07) is 0. The second-order valence-electron chi connectivity index (χ2n) is 11.4. The zero-order valence-corrected chi connectivity index (χ0v) is 25.6. The van der Waals surface area contributed by atoms with Crippen LogP contribution in [0.5, 0.6) is 0 Å². The second-order valence-corrected chi connectivity index (χ2v) is 11.4. The minimum absolute atomic E-state index is 0.338. The van der Waals surface area contributed by atoms with Gasteiger partial charge in [0.15, 0.2) is 0 Å². The molecule has 0 rings (SSSR count). The van der Waals surface area contributed by atoms with Crippen LogP contribution in [0.25, 0.3) is 0 Å². The van der Waals surface area contributed by atoms with Gasteiger partial charge in [0, 0.05) is 6.42 Å². The maximum atomic E-state index is 10.5. The number of hydrogen-bond acceptors (Lipinski definition) is 1. The molecule has 1 N–H and O–H groups in total. The van der Waals surface area contributed by atoms with E-state index in [2.05, 4.69) is 43.4 Å². The number of hydrogen-bond donors (Lipinski definition) is 1. The average molecular weight is 531 g/mol. The lowest BCUT2D eigenvalue weighted by molar-refractivity contribution is -0.137. The monoisotopic (exact) mass is 531 g/mol. The van der Waals surface area contributed by atoms with Crippen molar-refractivity contribution in [2.24, 2.45) is 0 Å². The van der Waals surface area contributed by atoms with Gasteiger partial charge >= 0.3 is 5.97 Å². The number of allylic oxidation sites excluding steroid dienone is 6. The molecule has 0 saturated carbocycles. The molecule has 0 spiro atoms. The van der Waals surface area contributed by atoms with Crippen LogP contribution in [0.3, 0.4) is 0 Å². The highest BCUT2D eigenvalue weighted by Crippen LogP contribution is 2.13. The first-order valence-electron chi connectivity index (χ1n) is 16.9. The lowest BCUT2D eigenvalue weighted by atomic mass is 10.0. The molecule has 0 aliphatic carbocycles. The van der Waals surface area contributed by atoms with Crippen molar-refractivity contribution in [1.82, 2.24) is 0 Å². The molecule has 222 valence electrons. The van der Waals surface area contributed by atoms with Crippen molar-refractivity contribution in [2.45, 2.75) is 187 Å². The normalized spacial score (nSPS) is 12.0. The molecule has 0 bridgehead atoms. The third kappa shape index (κ3) is 34.7. The number of unbranched alkanes of at least 4 members (excludes halogenated alkanes) is 23. The van der Waals surface area contributed by atoms with E-state index in [1.54, 1.807) is 0 Å². The van der Waals surface area contributed by atoms with Crippen LogP contribution in [-0.2, 0) is 4.79 Å². The Morgan fingerprint density at radius 1 is 0.395 bits per heavy atom. The molecule has 0 atom stereocenters. The molecule has 0 aromatic rings. The van der Waals surface area contributed by atoms with Crippen LogP contribution in [0, 0.1) is 0 Å². The number of aliphatic carboxylic acids is 1. The first-order chi connectivity index (χ1) is 18.8. The van der Waals surface area contributed by atoms with Gasteiger partial charge in [-0.3, -0.25) is 4.79 Å². The van der Waals surface area contributed by atoms with Gasteiger partial charge < -0.3 is 5.11 Å². The van der Waals surface area contributed by atoms with Gasteiger partial charge in [0.1, 0.15) is 0 Å². The van der Waals surface area contributed by atoms with E-state index in [0.717, 1.165) is 12.8 Å². The highest BCUT2D eigenvalue weighted by Gasteiger charge is 1.97. The van der Waals surface area contributed by atoms with Crippen molar-refractivity contribution < 1.29 is 9.90 Å². The number of carbonyl (C=O) groups is 1. The summed E-state index contributed by atoms with van der Waals surface area (Å²) in [6.45, 7) is 2.28. The largest absolute Gasteiger partial charge is 0.481 e. The smallest absolute Gasteiger partial charge is 0.303 e. The molecule has 38 heavy (non-hydrogen) atoms. The summed E-state index contributed by atoms with van der Waals surface area (Å²) in [5.74, 6) is -0.656. The van der Waals surface area contributed by atoms with E-state index in [1.165, 1.54) is 161 Å². The highest BCUT2D eigenvalue weighted by atomic mass is 16.4. The Morgan fingerprint density at radius 2 is 0.632 bits per heavy atom. The van der Waals surface area contributed by atoms with E-state index >= 15 is 0 Å². The van der Waals surface area contributed by atoms with Crippen LogP contribution >= 0.6 is 0 Å². The van der Waals surface area contributed by atoms with Crippen molar-refractivity contribution >= 4 is 5.97 Å². The van der Waals surface area contributed by atoms with Crippen molar-refractivity contribution in [3.63, 3.8) is 0 Å². The zero-order valence-electron chi connectivity index (χ0n) is 25.6. The Kier molecular flexibility index (Phi) is 32.6. The summed E-state index contributed by atoms with van der Waals surface area (Å²) < 4.78 is 0. The van der Waals surface area contributed by atoms with Gasteiger partial charge in [0.25, 0.3) is 0 Å². The Labute approximate surface area is 238 Å². The van der Waals surface area contributed by atoms with E-state index < -0.39 is 5.97 Å². The van der Waals surface area contributed by atoms with Crippen molar-refractivity contribution in [1.29, 1.82) is 0 Å². The van der Waals surface area contributed by atoms with Crippen molar-refractivity contribution in [3.8, 4) is 0 Å². The minimum atomic E-state index is -0.656. The molecule has 0 radical (unpaired) electrons. The van der Waals surface area contributed by atoms with Crippen LogP contribution in [0.15, 0.2) is 36.5 Å². The Hall–Kier alpha value is -1.31. The fourth-order valence-corrected chi connectivity index (χ4v) is 4.93. The number of carboxylic acids is 1. The predicted molar refractivity (Wildman–Crippen MR) is 170 cm³/mol. The van der Waals surface area contributed by atoms with Crippen LogP contribution in [0.2, 0.25) is 0 Å². The van der Waals surface area contributed by atoms with Crippen LogP contribution < -0.4 is 0 Å². The van der Waals surface area contributed by atoms with Crippen LogP contribution in [0.1, 0.15) is 187 Å². The molecule has 0 aromatic carbocycles. The van der Waals surface area contributed by atoms with Gasteiger partial charge in [0.05, 0.1) is 0 Å². The van der Waals surface area contributed by atoms with E-state index in [-0.39, 0.29) is 0 Å². The predicted octanol–water partition coefficient (Wildman–Crippen LogP) is 12.7. The average Bonchev–Trinajstić information content (AvgIpc) is 2.91. The standard InChI is InChI=1S/C36H66O2/c1-2-3-4-5-6-7-8-9-10-11-12-13-14-15-16-17-18-19-20-21-22-23-24-25-26-27-28-29-30-31-32-33-34-35-36(37)38/h8-9,15-16,22-23H,2-7,10-14,17-21,24-35H2,1H3,(H,37,38). The number of rotatable bonds is 31. The van der Waals surface area contributed by atoms with Crippen LogP contribution in [-0.4, -0.2) is 11.1 Å². The fourth-order valence-electron chi connectivity index (χ4n) is 4.93. The molecule has 0 heterocycles. The number of carboxylic acid groups (broad SMARTS) is 1. The summed E-state index contributed by atoms with van der Waals surface area (Å²) in [5.41, 5.74) is 0. The van der Waals surface area contributed by atoms with Gasteiger partial charge in [-0.2, -0.15) is 0 Å². The lowest BCUT2D eigenvalue weighted by Gasteiger charge is -2.02. The summed E-state index contributed by atoms with van der Waals surface area (Å²) in [5, 5.41) is 8.62. The summed E-state index contributed by atoms with van der Waals surface area (Å²) in [4.78, 5) is 10.5. The van der Waals surface area contributed by atoms with Crippen molar-refractivity contribution in [3.05, 3.63) is 36.5 Å². The highest BCUT2D eigenvalue weighted by molar-refractivity contribution is 5.66. The molecule has 0 aliphatic rings. The third-order valence-electron chi connectivity index (χ3n) is 7.47. The molecule has 0 amide bonds. The van der Waals surface area contributed by atoms with Gasteiger partial charge in [-0.05, 0) is 83.5 Å². The van der Waals surface area contributed by atoms with Gasteiger partial charge in [0.2, 0.25) is 0 Å². The van der Waals surface area contributed by atoms with Gasteiger partial charge in [-0.1, -0.05) is 133 Å². The first-order valence-corrected chi connectivity index (χ1v) is 16.9. The van der Waals surface area contributed by atoms with Crippen molar-refractivity contribution in [2.75, 3.05) is 0 Å². The molecule has 0 saturated heterocycles. The van der Waals surface area contributed by atoms with Gasteiger partial charge in [-0.25, -0.2) is 0 Å². The summed E-state index contributed by atoms with van der Waals surface area (Å²) in [6.07, 6.45) is 50.0. The summed E-state index contributed by atoms with van der Waals surface area (Å²) in [7, 11) is 0. The molecule has 0 fully saturated rings. The van der Waals surface area contributed by atoms with E-state index in [9.17, 15) is 4.79 Å². The maximum Gasteiger partial charge on any atom is 0.303 e. The molecule has 2 heteroatoms. The lowest BCUT2D eigenvalue weighted by Crippen LogP contribution is -1.93. The third-order valence-corrected chi connectivity index (χ3v) is 7.47. The SMILES string of the molecule is CCCCCCCC=CCCCCCC=CCCCCCC=CCCCCCCCCCCCCC(=O)O. The Morgan fingerprint density at radius 3 is 0.921 bits per heavy atom. The molecular weight excluding hydrogens is 464 g/mol. The summed E-state index contributed by atoms with van der Waals surface area (Å²) >= 11 is 0. The van der Waals surface area contributed by atoms with Crippen LogP contribution in [0.4, 0.5) is 0 Å². The van der Waals surface area contributed by atoms with Gasteiger partial charge in [-0.15, -0.1) is 0 Å². The molecule has 2 nitrogen and oxygen atoms in total. The molecule has 0 unspecified atom stereocenters. The maximum absolute atomic E-state index is 10.5. The zero-order chi connectivity index (χ0) is 27.6. The second kappa shape index (κ2) is 33.7. The van der Waals surface area contributed by atoms with E-state index in [1.807, 2.05) is 0 Å². The quantitative estimate of drug-likeness (QED) is 0.0714. The molecule has 0 aromatic heterocycles. The topological polar surface area (TPSA) is 37.3 Å². The minimum Gasteiger partial charge on any atom is -0.481 e. The molecular formula is C36H66O2. The molecule has 0 aliphatic heterocycles. The Balaban J connectivity index is 3.19. The fraction of sp³-hybridized carbons (Fsp3) is 0.806. The van der Waals surface area contributed by atoms with E-state index in [4.69, 9.17) is 5.11 Å². The first kappa shape index (κ1) is 36.7. The van der Waals surface area contributed by atoms with E-state index in [0.29, 0.717) is 6.42 Å².